The Balaban J connectivity index is 1.84. The van der Waals surface area contributed by atoms with E-state index in [1.54, 1.807) is 17.1 Å². The zero-order valence-electron chi connectivity index (χ0n) is 12.8. The van der Waals surface area contributed by atoms with Crippen LogP contribution >= 0.6 is 0 Å². The molecule has 0 fully saturated rings. The molecule has 3 aromatic rings. The van der Waals surface area contributed by atoms with E-state index < -0.39 is 11.1 Å². The quantitative estimate of drug-likeness (QED) is 0.634. The van der Waals surface area contributed by atoms with Crippen molar-refractivity contribution < 1.29 is 8.76 Å². The van der Waals surface area contributed by atoms with Gasteiger partial charge in [-0.05, 0) is 18.9 Å². The van der Waals surface area contributed by atoms with Gasteiger partial charge in [0.25, 0.3) is 0 Å². The van der Waals surface area contributed by atoms with Crippen molar-refractivity contribution in [2.75, 3.05) is 5.75 Å². The molecule has 124 valence electrons. The van der Waals surface area contributed by atoms with Gasteiger partial charge in [-0.3, -0.25) is 4.68 Å². The summed E-state index contributed by atoms with van der Waals surface area (Å²) in [6, 6.07) is 3.93. The lowest BCUT2D eigenvalue weighted by Gasteiger charge is -2.13. The molecule has 0 aliphatic heterocycles. The van der Waals surface area contributed by atoms with E-state index in [0.29, 0.717) is 19.3 Å². The van der Waals surface area contributed by atoms with Gasteiger partial charge < -0.3 is 9.54 Å². The molecule has 0 aliphatic rings. The van der Waals surface area contributed by atoms with E-state index in [1.807, 2.05) is 12.3 Å². The zero-order valence-corrected chi connectivity index (χ0v) is 13.6. The Morgan fingerprint density at radius 2 is 2.33 bits per heavy atom. The Morgan fingerprint density at radius 1 is 1.46 bits per heavy atom. The van der Waals surface area contributed by atoms with Gasteiger partial charge >= 0.3 is 0 Å². The number of fused-ring (bicyclic) bond motifs is 1. The molecule has 0 aromatic carbocycles. The predicted octanol–water partition coefficient (Wildman–Crippen LogP) is 2.28. The first-order chi connectivity index (χ1) is 11.7. The van der Waals surface area contributed by atoms with Gasteiger partial charge in [-0.25, -0.2) is 14.2 Å². The molecule has 0 amide bonds. The molecular weight excluding hydrogens is 328 g/mol. The number of H-pyrrole nitrogens is 1. The molecule has 0 bridgehead atoms. The minimum atomic E-state index is -1.81. The van der Waals surface area contributed by atoms with E-state index in [2.05, 4.69) is 26.1 Å². The fourth-order valence-corrected chi connectivity index (χ4v) is 3.05. The summed E-state index contributed by atoms with van der Waals surface area (Å²) in [6.45, 7) is 0. The molecule has 0 spiro atoms. The van der Waals surface area contributed by atoms with E-state index in [0.717, 1.165) is 22.3 Å². The van der Waals surface area contributed by atoms with E-state index >= 15 is 0 Å². The van der Waals surface area contributed by atoms with Crippen molar-refractivity contribution in [2.24, 2.45) is 0 Å². The number of nitriles is 1. The predicted molar refractivity (Wildman–Crippen MR) is 89.2 cm³/mol. The van der Waals surface area contributed by atoms with Crippen molar-refractivity contribution in [3.05, 3.63) is 31.0 Å². The smallest absolute Gasteiger partial charge is 0.152 e. The maximum absolute atomic E-state index is 10.8. The number of hydrogen-bond donors (Lipinski definition) is 2. The fourth-order valence-electron chi connectivity index (χ4n) is 2.64. The second kappa shape index (κ2) is 7.33. The van der Waals surface area contributed by atoms with Crippen LogP contribution in [0.15, 0.2) is 31.0 Å². The molecule has 3 aromatic heterocycles. The maximum atomic E-state index is 10.8. The lowest BCUT2D eigenvalue weighted by Crippen LogP contribution is -2.10. The summed E-state index contributed by atoms with van der Waals surface area (Å²) in [5.41, 5.74) is 2.38. The average molecular weight is 344 g/mol. The maximum Gasteiger partial charge on any atom is 0.152 e. The third kappa shape index (κ3) is 3.50. The van der Waals surface area contributed by atoms with Crippen LogP contribution in [0.2, 0.25) is 0 Å². The van der Waals surface area contributed by atoms with Crippen molar-refractivity contribution in [1.82, 2.24) is 24.7 Å². The number of aromatic nitrogens is 5. The van der Waals surface area contributed by atoms with Crippen LogP contribution in [0.25, 0.3) is 22.3 Å². The Labute approximate surface area is 140 Å². The second-order valence-corrected chi connectivity index (χ2v) is 6.41. The summed E-state index contributed by atoms with van der Waals surface area (Å²) in [5, 5.41) is 14.3. The van der Waals surface area contributed by atoms with E-state index in [4.69, 9.17) is 9.81 Å². The highest BCUT2D eigenvalue weighted by atomic mass is 32.2. The summed E-state index contributed by atoms with van der Waals surface area (Å²) < 4.78 is 21.4. The monoisotopic (exact) mass is 344 g/mol. The lowest BCUT2D eigenvalue weighted by atomic mass is 10.1. The second-order valence-electron chi connectivity index (χ2n) is 5.36. The molecule has 0 saturated heterocycles. The van der Waals surface area contributed by atoms with Crippen LogP contribution in [-0.4, -0.2) is 39.2 Å². The molecule has 2 atom stereocenters. The van der Waals surface area contributed by atoms with E-state index in [9.17, 15) is 4.21 Å². The first kappa shape index (κ1) is 16.3. The van der Waals surface area contributed by atoms with Crippen LogP contribution in [0.5, 0.6) is 0 Å². The Bertz CT molecular complexity index is 897. The molecule has 2 N–H and O–H groups in total. The van der Waals surface area contributed by atoms with Gasteiger partial charge in [0.1, 0.15) is 12.0 Å². The number of aromatic amines is 1. The summed E-state index contributed by atoms with van der Waals surface area (Å²) >= 11 is -1.81. The Morgan fingerprint density at radius 3 is 3.12 bits per heavy atom. The third-order valence-corrected chi connectivity index (χ3v) is 4.42. The third-order valence-electron chi connectivity index (χ3n) is 3.79. The van der Waals surface area contributed by atoms with Crippen LogP contribution in [0.1, 0.15) is 25.3 Å². The van der Waals surface area contributed by atoms with Crippen LogP contribution in [0.4, 0.5) is 0 Å². The van der Waals surface area contributed by atoms with Crippen LogP contribution < -0.4 is 0 Å². The largest absolute Gasteiger partial charge is 0.346 e. The first-order valence-electron chi connectivity index (χ1n) is 7.46. The zero-order chi connectivity index (χ0) is 16.9. The highest BCUT2D eigenvalue weighted by molar-refractivity contribution is 7.79. The molecule has 3 heterocycles. The number of hydrogen-bond acceptors (Lipinski definition) is 5. The Kier molecular flexibility index (Phi) is 4.98. The van der Waals surface area contributed by atoms with Gasteiger partial charge in [-0.15, -0.1) is 0 Å². The number of nitrogens with zero attached hydrogens (tertiary/aromatic N) is 5. The molecule has 2 unspecified atom stereocenters. The molecule has 0 radical (unpaired) electrons. The highest BCUT2D eigenvalue weighted by Gasteiger charge is 2.15. The normalized spacial score (nSPS) is 13.7. The number of rotatable bonds is 7. The molecule has 24 heavy (non-hydrogen) atoms. The van der Waals surface area contributed by atoms with Crippen molar-refractivity contribution in [2.45, 2.75) is 25.3 Å². The van der Waals surface area contributed by atoms with Crippen molar-refractivity contribution >= 4 is 22.1 Å². The molecule has 9 heteroatoms. The molecule has 3 rings (SSSR count). The fraction of sp³-hybridized carbons (Fsp3) is 0.333. The summed E-state index contributed by atoms with van der Waals surface area (Å²) in [5.74, 6) is 0.200. The van der Waals surface area contributed by atoms with Crippen LogP contribution in [-0.2, 0) is 11.1 Å². The summed E-state index contributed by atoms with van der Waals surface area (Å²) in [6.07, 6.45) is 8.33. The van der Waals surface area contributed by atoms with Crippen LogP contribution in [0.3, 0.4) is 0 Å². The van der Waals surface area contributed by atoms with Crippen molar-refractivity contribution in [3.63, 3.8) is 0 Å². The average Bonchev–Trinajstić information content (AvgIpc) is 3.22. The van der Waals surface area contributed by atoms with Gasteiger partial charge in [-0.1, -0.05) is 0 Å². The van der Waals surface area contributed by atoms with Gasteiger partial charge in [0.15, 0.2) is 11.1 Å². The number of nitrogens with one attached hydrogen (secondary N) is 1. The van der Waals surface area contributed by atoms with Gasteiger partial charge in [0.2, 0.25) is 0 Å². The van der Waals surface area contributed by atoms with Gasteiger partial charge in [0, 0.05) is 29.1 Å². The van der Waals surface area contributed by atoms with Crippen molar-refractivity contribution in [1.29, 1.82) is 5.26 Å². The van der Waals surface area contributed by atoms with E-state index in [1.165, 1.54) is 6.33 Å². The minimum absolute atomic E-state index is 0.129. The van der Waals surface area contributed by atoms with Crippen molar-refractivity contribution in [3.8, 4) is 17.3 Å². The van der Waals surface area contributed by atoms with Crippen LogP contribution in [0, 0.1) is 11.3 Å². The van der Waals surface area contributed by atoms with E-state index in [-0.39, 0.29) is 11.8 Å². The summed E-state index contributed by atoms with van der Waals surface area (Å²) in [7, 11) is 0. The highest BCUT2D eigenvalue weighted by Crippen LogP contribution is 2.26. The lowest BCUT2D eigenvalue weighted by molar-refractivity contribution is 0.426. The molecule has 0 saturated carbocycles. The standard InChI is InChI=1S/C15H16N6O2S/c16-5-3-12(2-1-7-24(22)23)21-9-11(8-20-21)14-13-4-6-17-15(13)19-10-18-14/h4,6,8-10,12H,1-3,7H2,(H,22,23)(H,17,18,19). The molecule has 8 nitrogen and oxygen atoms in total. The first-order valence-corrected chi connectivity index (χ1v) is 8.73. The van der Waals surface area contributed by atoms with Gasteiger partial charge in [-0.2, -0.15) is 10.4 Å². The molecule has 0 aliphatic carbocycles. The minimum Gasteiger partial charge on any atom is -0.346 e. The summed E-state index contributed by atoms with van der Waals surface area (Å²) in [4.78, 5) is 11.5. The van der Waals surface area contributed by atoms with Gasteiger partial charge in [0.05, 0.1) is 30.4 Å². The Hall–Kier alpha value is -2.57. The topological polar surface area (TPSA) is 120 Å². The SMILES string of the molecule is N#CCC(CCCS(=O)O)n1cc(-c2ncnc3[nH]ccc23)cn1. The molecular formula is C15H16N6O2S.